The lowest BCUT2D eigenvalue weighted by atomic mass is 10.2. The largest absolute Gasteiger partial charge is 0.449 e. The number of carbonyl (C=O) groups excluding carboxylic acids is 3. The van der Waals surface area contributed by atoms with E-state index < -0.39 is 11.7 Å². The van der Waals surface area contributed by atoms with E-state index in [1.165, 1.54) is 24.3 Å². The normalized spacial score (nSPS) is 14.7. The van der Waals surface area contributed by atoms with Gasteiger partial charge in [-0.15, -0.1) is 0 Å². The van der Waals surface area contributed by atoms with Crippen LogP contribution in [0.25, 0.3) is 0 Å². The van der Waals surface area contributed by atoms with E-state index in [4.69, 9.17) is 4.74 Å². The highest BCUT2D eigenvalue weighted by Gasteiger charge is 2.23. The molecule has 1 aliphatic heterocycles. The Balaban J connectivity index is 1.79. The smallest absolute Gasteiger partial charge is 0.409 e. The fraction of sp³-hybridized carbons (Fsp3) is 0.526. The minimum atomic E-state index is -0.433. The van der Waals surface area contributed by atoms with Gasteiger partial charge in [0, 0.05) is 31.7 Å². The molecule has 2 rings (SSSR count). The minimum absolute atomic E-state index is 0.145. The summed E-state index contributed by atoms with van der Waals surface area (Å²) in [5.74, 6) is -0.813. The zero-order chi connectivity index (χ0) is 19.8. The Kier molecular flexibility index (Phi) is 7.57. The van der Waals surface area contributed by atoms with Crippen LogP contribution in [0.3, 0.4) is 0 Å². The Morgan fingerprint density at radius 3 is 2.37 bits per heavy atom. The fourth-order valence-corrected chi connectivity index (χ4v) is 2.65. The summed E-state index contributed by atoms with van der Waals surface area (Å²) in [6.07, 6.45) is 0.289. The quantitative estimate of drug-likeness (QED) is 0.847. The van der Waals surface area contributed by atoms with Gasteiger partial charge < -0.3 is 19.9 Å². The number of nitrogens with zero attached hydrogens (tertiary/aromatic N) is 2. The van der Waals surface area contributed by atoms with Crippen molar-refractivity contribution in [2.75, 3.05) is 39.3 Å². The Morgan fingerprint density at radius 1 is 1.07 bits per heavy atom. The predicted molar refractivity (Wildman–Crippen MR) is 97.7 cm³/mol. The van der Waals surface area contributed by atoms with E-state index in [0.29, 0.717) is 44.8 Å². The van der Waals surface area contributed by atoms with Gasteiger partial charge in [-0.25, -0.2) is 9.18 Å². The zero-order valence-electron chi connectivity index (χ0n) is 15.7. The summed E-state index contributed by atoms with van der Waals surface area (Å²) >= 11 is 0. The topological polar surface area (TPSA) is 79.0 Å². The standard InChI is InChI=1S/C19H26FN3O4/c1-14(2)13-27-19(26)23-9-3-8-22(10-11-23)17(24)12-21-18(25)15-4-6-16(20)7-5-15/h4-7,14H,3,8-13H2,1-2H3,(H,21,25). The second-order valence-corrected chi connectivity index (χ2v) is 6.88. The van der Waals surface area contributed by atoms with Gasteiger partial charge in [-0.1, -0.05) is 13.8 Å². The van der Waals surface area contributed by atoms with Crippen LogP contribution in [-0.2, 0) is 9.53 Å². The molecular formula is C19H26FN3O4. The third kappa shape index (κ3) is 6.54. The first-order valence-electron chi connectivity index (χ1n) is 9.10. The number of nitrogens with one attached hydrogen (secondary N) is 1. The van der Waals surface area contributed by atoms with Crippen LogP contribution in [0.15, 0.2) is 24.3 Å². The highest BCUT2D eigenvalue weighted by molar-refractivity contribution is 5.96. The van der Waals surface area contributed by atoms with E-state index in [1.54, 1.807) is 9.80 Å². The number of benzene rings is 1. The summed E-state index contributed by atoms with van der Waals surface area (Å²) in [7, 11) is 0. The molecule has 0 bridgehead atoms. The fourth-order valence-electron chi connectivity index (χ4n) is 2.65. The van der Waals surface area contributed by atoms with Gasteiger partial charge in [0.1, 0.15) is 5.82 Å². The molecule has 0 aromatic heterocycles. The summed E-state index contributed by atoms with van der Waals surface area (Å²) in [5, 5.41) is 2.54. The van der Waals surface area contributed by atoms with Crippen molar-refractivity contribution >= 4 is 17.9 Å². The maximum absolute atomic E-state index is 12.9. The first-order valence-corrected chi connectivity index (χ1v) is 9.10. The third-order valence-corrected chi connectivity index (χ3v) is 4.15. The number of carbonyl (C=O) groups is 3. The summed E-state index contributed by atoms with van der Waals surface area (Å²) in [5.41, 5.74) is 0.291. The molecule has 1 fully saturated rings. The summed E-state index contributed by atoms with van der Waals surface area (Å²) in [4.78, 5) is 39.6. The second-order valence-electron chi connectivity index (χ2n) is 6.88. The average Bonchev–Trinajstić information content (AvgIpc) is 2.90. The molecule has 1 aromatic rings. The molecule has 0 radical (unpaired) electrons. The molecule has 3 amide bonds. The maximum Gasteiger partial charge on any atom is 0.409 e. The van der Waals surface area contributed by atoms with Crippen molar-refractivity contribution in [2.24, 2.45) is 5.92 Å². The van der Waals surface area contributed by atoms with E-state index in [9.17, 15) is 18.8 Å². The van der Waals surface area contributed by atoms with Gasteiger partial charge in [0.2, 0.25) is 5.91 Å². The van der Waals surface area contributed by atoms with Crippen LogP contribution in [0.5, 0.6) is 0 Å². The van der Waals surface area contributed by atoms with Gasteiger partial charge in [-0.2, -0.15) is 0 Å². The Hall–Kier alpha value is -2.64. The number of hydrogen-bond donors (Lipinski definition) is 1. The van der Waals surface area contributed by atoms with Crippen molar-refractivity contribution in [3.63, 3.8) is 0 Å². The monoisotopic (exact) mass is 379 g/mol. The number of halogens is 1. The molecule has 0 unspecified atom stereocenters. The number of amides is 3. The van der Waals surface area contributed by atoms with Crippen molar-refractivity contribution in [3.05, 3.63) is 35.6 Å². The van der Waals surface area contributed by atoms with Crippen LogP contribution < -0.4 is 5.32 Å². The molecule has 0 saturated carbocycles. The van der Waals surface area contributed by atoms with Crippen LogP contribution >= 0.6 is 0 Å². The molecule has 0 aliphatic carbocycles. The van der Waals surface area contributed by atoms with E-state index in [2.05, 4.69) is 5.32 Å². The van der Waals surface area contributed by atoms with E-state index in [1.807, 2.05) is 13.8 Å². The molecule has 148 valence electrons. The highest BCUT2D eigenvalue weighted by atomic mass is 19.1. The molecule has 1 aliphatic rings. The van der Waals surface area contributed by atoms with Crippen LogP contribution in [0, 0.1) is 11.7 Å². The van der Waals surface area contributed by atoms with Crippen molar-refractivity contribution in [3.8, 4) is 0 Å². The van der Waals surface area contributed by atoms with Gasteiger partial charge in [0.05, 0.1) is 13.2 Å². The van der Waals surface area contributed by atoms with Crippen LogP contribution in [-0.4, -0.2) is 67.0 Å². The summed E-state index contributed by atoms with van der Waals surface area (Å²) in [6.45, 7) is 5.99. The molecule has 1 N–H and O–H groups in total. The Labute approximate surface area is 158 Å². The molecule has 1 saturated heterocycles. The van der Waals surface area contributed by atoms with Gasteiger partial charge in [-0.3, -0.25) is 9.59 Å². The molecule has 7 nitrogen and oxygen atoms in total. The molecular weight excluding hydrogens is 353 g/mol. The molecule has 0 atom stereocenters. The predicted octanol–water partition coefficient (Wildman–Crippen LogP) is 1.88. The Morgan fingerprint density at radius 2 is 1.70 bits per heavy atom. The molecule has 1 aromatic carbocycles. The van der Waals surface area contributed by atoms with Crippen molar-refractivity contribution < 1.29 is 23.5 Å². The third-order valence-electron chi connectivity index (χ3n) is 4.15. The van der Waals surface area contributed by atoms with E-state index in [-0.39, 0.29) is 24.5 Å². The second kappa shape index (κ2) is 9.89. The summed E-state index contributed by atoms with van der Waals surface area (Å²) < 4.78 is 18.1. The molecule has 1 heterocycles. The van der Waals surface area contributed by atoms with Crippen LogP contribution in [0.1, 0.15) is 30.6 Å². The van der Waals surface area contributed by atoms with Crippen molar-refractivity contribution in [2.45, 2.75) is 20.3 Å². The summed E-state index contributed by atoms with van der Waals surface area (Å²) in [6, 6.07) is 5.11. The molecule has 8 heteroatoms. The number of rotatable bonds is 5. The lowest BCUT2D eigenvalue weighted by Crippen LogP contribution is -2.42. The average molecular weight is 379 g/mol. The van der Waals surface area contributed by atoms with Gasteiger partial charge in [0.25, 0.3) is 5.91 Å². The molecule has 0 spiro atoms. The maximum atomic E-state index is 12.9. The first-order chi connectivity index (χ1) is 12.9. The highest BCUT2D eigenvalue weighted by Crippen LogP contribution is 2.07. The van der Waals surface area contributed by atoms with Gasteiger partial charge in [-0.05, 0) is 36.6 Å². The lowest BCUT2D eigenvalue weighted by molar-refractivity contribution is -0.130. The number of hydrogen-bond acceptors (Lipinski definition) is 4. The minimum Gasteiger partial charge on any atom is -0.449 e. The van der Waals surface area contributed by atoms with Crippen LogP contribution in [0.2, 0.25) is 0 Å². The van der Waals surface area contributed by atoms with Gasteiger partial charge in [0.15, 0.2) is 0 Å². The molecule has 27 heavy (non-hydrogen) atoms. The lowest BCUT2D eigenvalue weighted by Gasteiger charge is -2.22. The first kappa shape index (κ1) is 20.7. The number of ether oxygens (including phenoxy) is 1. The van der Waals surface area contributed by atoms with E-state index >= 15 is 0 Å². The van der Waals surface area contributed by atoms with E-state index in [0.717, 1.165) is 0 Å². The SMILES string of the molecule is CC(C)COC(=O)N1CCCN(C(=O)CNC(=O)c2ccc(F)cc2)CC1. The van der Waals surface area contributed by atoms with Gasteiger partial charge >= 0.3 is 6.09 Å². The van der Waals surface area contributed by atoms with Crippen molar-refractivity contribution in [1.29, 1.82) is 0 Å². The Bertz CT molecular complexity index is 663. The van der Waals surface area contributed by atoms with Crippen molar-refractivity contribution in [1.82, 2.24) is 15.1 Å². The van der Waals surface area contributed by atoms with Crippen LogP contribution in [0.4, 0.5) is 9.18 Å². The zero-order valence-corrected chi connectivity index (χ0v) is 15.7.